The van der Waals surface area contributed by atoms with Gasteiger partial charge in [0.1, 0.15) is 17.3 Å². The number of carbonyl (C=O) groups excluding carboxylic acids is 3. The summed E-state index contributed by atoms with van der Waals surface area (Å²) in [6.45, 7) is 2.05. The first kappa shape index (κ1) is 25.4. The molecular formula is C28H26N2O7. The van der Waals surface area contributed by atoms with E-state index >= 15 is 0 Å². The van der Waals surface area contributed by atoms with Crippen LogP contribution in [-0.4, -0.2) is 53.5 Å². The van der Waals surface area contributed by atoms with Crippen LogP contribution in [0, 0.1) is 0 Å². The van der Waals surface area contributed by atoms with Crippen LogP contribution in [0.4, 0.5) is 0 Å². The van der Waals surface area contributed by atoms with Crippen molar-refractivity contribution < 1.29 is 33.7 Å². The van der Waals surface area contributed by atoms with Gasteiger partial charge in [0.05, 0.1) is 43.6 Å². The van der Waals surface area contributed by atoms with Gasteiger partial charge in [-0.2, -0.15) is 0 Å². The van der Waals surface area contributed by atoms with Crippen LogP contribution in [0.15, 0.2) is 72.6 Å². The number of amides is 1. The topological polar surface area (TPSA) is 115 Å². The molecule has 0 aliphatic carbocycles. The third-order valence-electron chi connectivity index (χ3n) is 6.04. The highest BCUT2D eigenvalue weighted by Gasteiger charge is 2.46. The minimum atomic E-state index is -0.886. The van der Waals surface area contributed by atoms with Gasteiger partial charge < -0.3 is 24.2 Å². The molecule has 37 heavy (non-hydrogen) atoms. The zero-order valence-corrected chi connectivity index (χ0v) is 20.6. The van der Waals surface area contributed by atoms with E-state index in [1.54, 1.807) is 73.9 Å². The number of hydrogen-bond acceptors (Lipinski definition) is 8. The maximum absolute atomic E-state index is 13.3. The summed E-state index contributed by atoms with van der Waals surface area (Å²) >= 11 is 0. The molecule has 1 aliphatic heterocycles. The Balaban J connectivity index is 1.79. The number of esters is 1. The quantitative estimate of drug-likeness (QED) is 0.213. The summed E-state index contributed by atoms with van der Waals surface area (Å²) in [6.07, 6.45) is 3.10. The lowest BCUT2D eigenvalue weighted by atomic mass is 9.95. The van der Waals surface area contributed by atoms with Gasteiger partial charge in [-0.15, -0.1) is 0 Å². The third kappa shape index (κ3) is 5.02. The van der Waals surface area contributed by atoms with Crippen LogP contribution < -0.4 is 9.47 Å². The minimum absolute atomic E-state index is 0.0622. The van der Waals surface area contributed by atoms with Crippen molar-refractivity contribution in [2.45, 2.75) is 19.5 Å². The Morgan fingerprint density at radius 3 is 2.32 bits per heavy atom. The van der Waals surface area contributed by atoms with Gasteiger partial charge in [-0.1, -0.05) is 12.1 Å². The Kier molecular flexibility index (Phi) is 7.52. The van der Waals surface area contributed by atoms with E-state index in [1.165, 1.54) is 19.1 Å². The molecule has 1 aliphatic rings. The summed E-state index contributed by atoms with van der Waals surface area (Å²) in [5.74, 6) is -1.66. The monoisotopic (exact) mass is 502 g/mol. The normalized spacial score (nSPS) is 16.5. The zero-order valence-electron chi connectivity index (χ0n) is 20.6. The Morgan fingerprint density at radius 2 is 1.70 bits per heavy atom. The number of rotatable bonds is 8. The number of pyridine rings is 1. The molecule has 1 atom stereocenters. The van der Waals surface area contributed by atoms with Gasteiger partial charge in [0.25, 0.3) is 11.7 Å². The Morgan fingerprint density at radius 1 is 1.00 bits per heavy atom. The number of likely N-dealkylation sites (tertiary alicyclic amines) is 1. The summed E-state index contributed by atoms with van der Waals surface area (Å²) in [5, 5.41) is 11.4. The maximum atomic E-state index is 13.3. The molecule has 0 radical (unpaired) electrons. The number of benzene rings is 2. The van der Waals surface area contributed by atoms with Gasteiger partial charge >= 0.3 is 5.97 Å². The van der Waals surface area contributed by atoms with Gasteiger partial charge in [-0.05, 0) is 60.5 Å². The molecule has 1 N–H and O–H groups in total. The molecule has 2 aromatic carbocycles. The van der Waals surface area contributed by atoms with Crippen molar-refractivity contribution in [1.82, 2.24) is 9.88 Å². The van der Waals surface area contributed by atoms with E-state index < -0.39 is 23.7 Å². The summed E-state index contributed by atoms with van der Waals surface area (Å²) in [4.78, 5) is 44.0. The third-order valence-corrected chi connectivity index (χ3v) is 6.04. The number of nitrogens with zero attached hydrogens (tertiary/aromatic N) is 2. The Bertz CT molecular complexity index is 1350. The van der Waals surface area contributed by atoms with Crippen LogP contribution in [0.3, 0.4) is 0 Å². The molecule has 4 rings (SSSR count). The summed E-state index contributed by atoms with van der Waals surface area (Å²) in [7, 11) is 2.92. The highest BCUT2D eigenvalue weighted by atomic mass is 16.5. The molecule has 0 bridgehead atoms. The summed E-state index contributed by atoms with van der Waals surface area (Å²) in [5.41, 5.74) is 1.81. The number of aliphatic hydroxyl groups is 1. The minimum Gasteiger partial charge on any atom is -0.507 e. The number of methoxy groups -OCH3 is 2. The zero-order chi connectivity index (χ0) is 26.5. The van der Waals surface area contributed by atoms with Gasteiger partial charge in [0.2, 0.25) is 0 Å². The average molecular weight is 503 g/mol. The van der Waals surface area contributed by atoms with Crippen LogP contribution in [0.25, 0.3) is 5.76 Å². The molecule has 1 aromatic heterocycles. The van der Waals surface area contributed by atoms with Crippen molar-refractivity contribution in [3.05, 3.63) is 94.8 Å². The maximum Gasteiger partial charge on any atom is 0.338 e. The molecule has 2 heterocycles. The Hall–Kier alpha value is -4.66. The molecular weight excluding hydrogens is 476 g/mol. The first-order valence-corrected chi connectivity index (χ1v) is 11.6. The highest BCUT2D eigenvalue weighted by molar-refractivity contribution is 6.46. The number of aromatic nitrogens is 1. The SMILES string of the molecule is CCOC(=O)c1ccc(CN2C(=O)C(=O)/C(=C(/O)c3cc(OC)ccc3OC)C2c2ccncc2)cc1. The van der Waals surface area contributed by atoms with Crippen LogP contribution in [0.5, 0.6) is 11.5 Å². The van der Waals surface area contributed by atoms with Crippen molar-refractivity contribution in [1.29, 1.82) is 0 Å². The number of ether oxygens (including phenoxy) is 3. The predicted octanol–water partition coefficient (Wildman–Crippen LogP) is 3.90. The lowest BCUT2D eigenvalue weighted by Crippen LogP contribution is -2.29. The van der Waals surface area contributed by atoms with E-state index in [2.05, 4.69) is 4.98 Å². The van der Waals surface area contributed by atoms with Crippen molar-refractivity contribution in [3.63, 3.8) is 0 Å². The molecule has 190 valence electrons. The lowest BCUT2D eigenvalue weighted by molar-refractivity contribution is -0.140. The second kappa shape index (κ2) is 10.9. The largest absolute Gasteiger partial charge is 0.507 e. The van der Waals surface area contributed by atoms with Gasteiger partial charge in [-0.25, -0.2) is 4.79 Å². The molecule has 1 fully saturated rings. The van der Waals surface area contributed by atoms with E-state index in [1.807, 2.05) is 0 Å². The smallest absolute Gasteiger partial charge is 0.338 e. The summed E-state index contributed by atoms with van der Waals surface area (Å²) in [6, 6.07) is 13.9. The fourth-order valence-corrected chi connectivity index (χ4v) is 4.24. The van der Waals surface area contributed by atoms with Crippen molar-refractivity contribution in [2.75, 3.05) is 20.8 Å². The van der Waals surface area contributed by atoms with E-state index in [0.29, 0.717) is 28.2 Å². The average Bonchev–Trinajstić information content (AvgIpc) is 3.18. The van der Waals surface area contributed by atoms with Gasteiger partial charge in [0.15, 0.2) is 0 Å². The summed E-state index contributed by atoms with van der Waals surface area (Å²) < 4.78 is 15.7. The number of ketones is 1. The van der Waals surface area contributed by atoms with Crippen LogP contribution in [-0.2, 0) is 20.9 Å². The van der Waals surface area contributed by atoms with E-state index in [4.69, 9.17) is 14.2 Å². The van der Waals surface area contributed by atoms with Crippen LogP contribution >= 0.6 is 0 Å². The van der Waals surface area contributed by atoms with Crippen LogP contribution in [0.2, 0.25) is 0 Å². The molecule has 1 unspecified atom stereocenters. The molecule has 3 aromatic rings. The van der Waals surface area contributed by atoms with Gasteiger partial charge in [-0.3, -0.25) is 14.6 Å². The predicted molar refractivity (Wildman–Crippen MR) is 134 cm³/mol. The molecule has 0 spiro atoms. The van der Waals surface area contributed by atoms with E-state index in [-0.39, 0.29) is 30.0 Å². The number of carbonyl (C=O) groups is 3. The lowest BCUT2D eigenvalue weighted by Gasteiger charge is -2.25. The standard InChI is InChI=1S/C28H26N2O7/c1-4-37-28(34)19-7-5-17(6-8-19)16-30-24(18-11-13-29-14-12-18)23(26(32)27(30)33)25(31)21-15-20(35-2)9-10-22(21)36-3/h5-15,24,31H,4,16H2,1-3H3/b25-23+. The molecule has 9 nitrogen and oxygen atoms in total. The first-order valence-electron chi connectivity index (χ1n) is 11.6. The molecule has 1 amide bonds. The fraction of sp³-hybridized carbons (Fsp3) is 0.214. The van der Waals surface area contributed by atoms with E-state index in [0.717, 1.165) is 0 Å². The second-order valence-electron chi connectivity index (χ2n) is 8.19. The molecule has 0 saturated carbocycles. The van der Waals surface area contributed by atoms with Gasteiger partial charge in [0, 0.05) is 18.9 Å². The van der Waals surface area contributed by atoms with Crippen molar-refractivity contribution in [2.24, 2.45) is 0 Å². The Labute approximate surface area is 213 Å². The highest BCUT2D eigenvalue weighted by Crippen LogP contribution is 2.42. The van der Waals surface area contributed by atoms with Crippen LogP contribution in [0.1, 0.15) is 40.0 Å². The number of hydrogen-bond donors (Lipinski definition) is 1. The number of aliphatic hydroxyl groups excluding tert-OH is 1. The van der Waals surface area contributed by atoms with Crippen molar-refractivity contribution in [3.8, 4) is 11.5 Å². The number of Topliss-reactive ketones (excluding diaryl/α,β-unsaturated/α-hetero) is 1. The van der Waals surface area contributed by atoms with Crippen molar-refractivity contribution >= 4 is 23.4 Å². The molecule has 9 heteroatoms. The van der Waals surface area contributed by atoms with E-state index in [9.17, 15) is 19.5 Å². The first-order chi connectivity index (χ1) is 17.9. The second-order valence-corrected chi connectivity index (χ2v) is 8.19. The molecule has 1 saturated heterocycles. The fourth-order valence-electron chi connectivity index (χ4n) is 4.24.